The smallest absolute Gasteiger partial charge is 0.144 e. The fraction of sp³-hybridized carbons (Fsp3) is 0.462. The van der Waals surface area contributed by atoms with Crippen LogP contribution in [0.4, 0.5) is 52.2 Å². The first-order chi connectivity index (χ1) is 36.9. The number of rotatable bonds is 33. The molecule has 396 valence electrons. The van der Waals surface area contributed by atoms with Gasteiger partial charge >= 0.3 is 0 Å². The van der Waals surface area contributed by atoms with Crippen molar-refractivity contribution in [2.45, 2.75) is 196 Å². The predicted molar refractivity (Wildman–Crippen MR) is 314 cm³/mol. The van der Waals surface area contributed by atoms with Gasteiger partial charge in [-0.1, -0.05) is 119 Å². The van der Waals surface area contributed by atoms with E-state index in [9.17, 15) is 0 Å². The van der Waals surface area contributed by atoms with Crippen LogP contribution in [0, 0.1) is 0 Å². The van der Waals surface area contributed by atoms with Gasteiger partial charge in [-0.2, -0.15) is 0 Å². The van der Waals surface area contributed by atoms with Gasteiger partial charge in [-0.3, -0.25) is 14.7 Å². The topological polar surface area (TPSA) is 100.0 Å². The molecule has 7 aromatic rings. The minimum absolute atomic E-state index is 0.658. The van der Waals surface area contributed by atoms with E-state index in [4.69, 9.17) is 34.9 Å². The van der Waals surface area contributed by atoms with Crippen LogP contribution in [-0.2, 0) is 38.5 Å². The van der Waals surface area contributed by atoms with Crippen LogP contribution >= 0.6 is 0 Å². The summed E-state index contributed by atoms with van der Waals surface area (Å²) in [6, 6.07) is 30.7. The summed E-state index contributed by atoms with van der Waals surface area (Å²) in [5.74, 6) is 5.94. The number of unbranched alkanes of at least 4 members (excludes halogenated alkanes) is 12. The van der Waals surface area contributed by atoms with Crippen molar-refractivity contribution >= 4 is 52.2 Å². The Hall–Kier alpha value is -6.55. The van der Waals surface area contributed by atoms with E-state index in [0.717, 1.165) is 156 Å². The van der Waals surface area contributed by atoms with E-state index in [1.54, 1.807) is 0 Å². The molecule has 10 nitrogen and oxygen atoms in total. The molecule has 0 atom stereocenters. The van der Waals surface area contributed by atoms with E-state index in [1.807, 2.05) is 37.2 Å². The highest BCUT2D eigenvalue weighted by Gasteiger charge is 2.27. The molecule has 7 rings (SSSR count). The molecule has 7 aromatic heterocycles. The van der Waals surface area contributed by atoms with Crippen LogP contribution in [0.2, 0.25) is 0 Å². The molecule has 75 heavy (non-hydrogen) atoms. The number of anilines is 9. The minimum Gasteiger partial charge on any atom is -0.279 e. The van der Waals surface area contributed by atoms with Gasteiger partial charge < -0.3 is 0 Å². The predicted octanol–water partition coefficient (Wildman–Crippen LogP) is 18.3. The summed E-state index contributed by atoms with van der Waals surface area (Å²) in [7, 11) is 0. The van der Waals surface area contributed by atoms with E-state index >= 15 is 0 Å². The molecule has 0 N–H and O–H groups in total. The van der Waals surface area contributed by atoms with Gasteiger partial charge in [0.25, 0.3) is 0 Å². The molecule has 0 fully saturated rings. The van der Waals surface area contributed by atoms with Gasteiger partial charge in [-0.15, -0.1) is 0 Å². The van der Waals surface area contributed by atoms with E-state index in [1.165, 1.54) is 71.9 Å². The van der Waals surface area contributed by atoms with Crippen molar-refractivity contribution in [1.82, 2.24) is 34.9 Å². The Bertz CT molecular complexity index is 2300. The zero-order chi connectivity index (χ0) is 52.5. The SMILES string of the molecule is CCCCCc1ccnc(N(c2cc(N(c3cc(CCCCC)ccn3)c3cc(CCCCC)ccn3)nc(N(c3cc(CCCCC)ccn3)c3cc(CCCCC)ccn3)c2)c2cc(CCCCC)ccn2)c1. The first kappa shape index (κ1) is 56.2. The third-order valence-corrected chi connectivity index (χ3v) is 14.1. The highest BCUT2D eigenvalue weighted by Crippen LogP contribution is 2.43. The molecule has 0 radical (unpaired) electrons. The second kappa shape index (κ2) is 30.7. The summed E-state index contributed by atoms with van der Waals surface area (Å²) in [6.45, 7) is 13.6. The summed E-state index contributed by atoms with van der Waals surface area (Å²) in [6.07, 6.45) is 38.1. The highest BCUT2D eigenvalue weighted by molar-refractivity contribution is 5.83. The lowest BCUT2D eigenvalue weighted by Gasteiger charge is -2.30. The van der Waals surface area contributed by atoms with E-state index in [-0.39, 0.29) is 0 Å². The van der Waals surface area contributed by atoms with Crippen molar-refractivity contribution in [1.29, 1.82) is 0 Å². The van der Waals surface area contributed by atoms with E-state index in [0.29, 0.717) is 11.6 Å². The van der Waals surface area contributed by atoms with Crippen LogP contribution in [0.3, 0.4) is 0 Å². The Morgan fingerprint density at radius 1 is 0.253 bits per heavy atom. The zero-order valence-corrected chi connectivity index (χ0v) is 46.5. The molecule has 0 unspecified atom stereocenters. The van der Waals surface area contributed by atoms with Gasteiger partial charge in [-0.25, -0.2) is 34.9 Å². The minimum atomic E-state index is 0.658. The fourth-order valence-corrected chi connectivity index (χ4v) is 9.84. The van der Waals surface area contributed by atoms with Gasteiger partial charge in [0.05, 0.1) is 5.69 Å². The fourth-order valence-electron chi connectivity index (χ4n) is 9.84. The maximum Gasteiger partial charge on any atom is 0.144 e. The molecule has 0 aliphatic carbocycles. The largest absolute Gasteiger partial charge is 0.279 e. The van der Waals surface area contributed by atoms with E-state index in [2.05, 4.69) is 141 Å². The number of aryl methyl sites for hydroxylation is 6. The van der Waals surface area contributed by atoms with Crippen molar-refractivity contribution in [2.24, 2.45) is 0 Å². The third-order valence-electron chi connectivity index (χ3n) is 14.1. The molecular formula is C65H86N10. The zero-order valence-electron chi connectivity index (χ0n) is 46.5. The van der Waals surface area contributed by atoms with Crippen molar-refractivity contribution in [2.75, 3.05) is 14.7 Å². The molecule has 0 aliphatic heterocycles. The molecule has 0 aliphatic rings. The molecule has 10 heteroatoms. The lowest BCUT2D eigenvalue weighted by atomic mass is 10.1. The second-order valence-electron chi connectivity index (χ2n) is 20.4. The quantitative estimate of drug-likeness (QED) is 0.0370. The Balaban J connectivity index is 1.54. The number of pyridine rings is 7. The number of aromatic nitrogens is 7. The van der Waals surface area contributed by atoms with Crippen LogP contribution in [0.5, 0.6) is 0 Å². The number of hydrogen-bond donors (Lipinski definition) is 0. The van der Waals surface area contributed by atoms with Crippen LogP contribution in [-0.4, -0.2) is 34.9 Å². The molecular weight excluding hydrogens is 921 g/mol. The summed E-state index contributed by atoms with van der Waals surface area (Å²) >= 11 is 0. The van der Waals surface area contributed by atoms with Gasteiger partial charge in [-0.05, 0) is 183 Å². The Labute approximate surface area is 451 Å². The first-order valence-corrected chi connectivity index (χ1v) is 29.1. The summed E-state index contributed by atoms with van der Waals surface area (Å²) < 4.78 is 0. The lowest BCUT2D eigenvalue weighted by molar-refractivity contribution is 0.716. The van der Waals surface area contributed by atoms with Crippen molar-refractivity contribution < 1.29 is 0 Å². The monoisotopic (exact) mass is 1010 g/mol. The Morgan fingerprint density at radius 3 is 0.680 bits per heavy atom. The maximum atomic E-state index is 5.79. The van der Waals surface area contributed by atoms with Crippen molar-refractivity contribution in [3.8, 4) is 0 Å². The Kier molecular flexibility index (Phi) is 23.0. The van der Waals surface area contributed by atoms with Crippen LogP contribution < -0.4 is 14.7 Å². The summed E-state index contributed by atoms with van der Waals surface area (Å²) in [4.78, 5) is 43.4. The number of nitrogens with zero attached hydrogens (tertiary/aromatic N) is 10. The number of hydrogen-bond acceptors (Lipinski definition) is 10. The molecule has 0 bridgehead atoms. The summed E-state index contributed by atoms with van der Waals surface area (Å²) in [5, 5.41) is 0. The Morgan fingerprint density at radius 2 is 0.467 bits per heavy atom. The van der Waals surface area contributed by atoms with Crippen LogP contribution in [0.25, 0.3) is 0 Å². The van der Waals surface area contributed by atoms with Crippen LogP contribution in [0.15, 0.2) is 122 Å². The molecule has 0 amide bonds. The second-order valence-corrected chi connectivity index (χ2v) is 20.4. The maximum absolute atomic E-state index is 5.79. The standard InChI is InChI=1S/C65H86N10/c1-7-13-19-25-51-31-37-66-58(43-51)73(59-44-52(32-38-67-59)26-20-14-8-2)57-49-64(74(60-45-53(33-39-68-60)27-21-15-9-3)61-46-54(34-40-69-61)28-22-16-10-4)72-65(50-57)75(62-47-55(35-41-70-62)29-23-17-11-5)63-48-56(36-42-71-63)30-24-18-12-6/h31-50H,7-30H2,1-6H3. The molecule has 0 saturated carbocycles. The average molecular weight is 1010 g/mol. The van der Waals surface area contributed by atoms with Gasteiger partial charge in [0.2, 0.25) is 0 Å². The lowest BCUT2D eigenvalue weighted by Crippen LogP contribution is -2.21. The normalized spacial score (nSPS) is 11.3. The molecule has 0 saturated heterocycles. The van der Waals surface area contributed by atoms with Gasteiger partial charge in [0, 0.05) is 49.3 Å². The molecule has 0 aromatic carbocycles. The third kappa shape index (κ3) is 16.7. The molecule has 0 spiro atoms. The first-order valence-electron chi connectivity index (χ1n) is 29.1. The van der Waals surface area contributed by atoms with Crippen molar-refractivity contribution in [3.05, 3.63) is 155 Å². The summed E-state index contributed by atoms with van der Waals surface area (Å²) in [5.41, 5.74) is 8.28. The van der Waals surface area contributed by atoms with Gasteiger partial charge in [0.15, 0.2) is 0 Å². The van der Waals surface area contributed by atoms with Crippen LogP contribution in [0.1, 0.15) is 190 Å². The molecule has 7 heterocycles. The van der Waals surface area contributed by atoms with E-state index < -0.39 is 0 Å². The highest BCUT2D eigenvalue weighted by atomic mass is 15.3. The average Bonchev–Trinajstić information content (AvgIpc) is 3.42. The van der Waals surface area contributed by atoms with Gasteiger partial charge in [0.1, 0.15) is 46.5 Å². The van der Waals surface area contributed by atoms with Crippen molar-refractivity contribution in [3.63, 3.8) is 0 Å².